The van der Waals surface area contributed by atoms with Crippen molar-refractivity contribution in [2.45, 2.75) is 26.7 Å². The lowest BCUT2D eigenvalue weighted by Gasteiger charge is -2.10. The summed E-state index contributed by atoms with van der Waals surface area (Å²) in [6, 6.07) is 9.54. The number of furan rings is 1. The summed E-state index contributed by atoms with van der Waals surface area (Å²) >= 11 is 0. The molecule has 0 spiro atoms. The second-order valence-electron chi connectivity index (χ2n) is 7.32. The minimum absolute atomic E-state index is 0.0500. The van der Waals surface area contributed by atoms with Crippen LogP contribution >= 0.6 is 0 Å². The number of hydrogen-bond donors (Lipinski definition) is 1. The average molecular weight is 425 g/mol. The number of carbonyl (C=O) groups excluding carboxylic acids is 2. The van der Waals surface area contributed by atoms with Gasteiger partial charge < -0.3 is 23.9 Å². The van der Waals surface area contributed by atoms with Gasteiger partial charge in [-0.05, 0) is 61.2 Å². The number of rotatable bonds is 9. The molecule has 0 aliphatic rings. The molecule has 0 bridgehead atoms. The van der Waals surface area contributed by atoms with Gasteiger partial charge in [0.2, 0.25) is 0 Å². The smallest absolute Gasteiger partial charge is 0.310 e. The molecule has 3 aromatic rings. The molecule has 7 heteroatoms. The molecule has 0 radical (unpaired) electrons. The van der Waals surface area contributed by atoms with Gasteiger partial charge >= 0.3 is 5.97 Å². The summed E-state index contributed by atoms with van der Waals surface area (Å²) in [6.07, 6.45) is 2.22. The van der Waals surface area contributed by atoms with Crippen molar-refractivity contribution >= 4 is 22.8 Å². The number of benzene rings is 2. The molecule has 2 aromatic carbocycles. The standard InChI is InChI=1S/C24H27NO6/c1-15-9-19-18(13-30-21(19)10-16(15)2)12-24(27)31-14-23(26)25-8-7-17-5-6-20(28-3)22(11-17)29-4/h5-6,9-11,13H,7-8,12,14H2,1-4H3,(H,25,26). The van der Waals surface area contributed by atoms with E-state index in [1.54, 1.807) is 20.5 Å². The molecule has 0 aliphatic carbocycles. The van der Waals surface area contributed by atoms with E-state index in [2.05, 4.69) is 5.32 Å². The molecule has 1 heterocycles. The topological polar surface area (TPSA) is 87.0 Å². The van der Waals surface area contributed by atoms with Crippen LogP contribution in [-0.4, -0.2) is 39.2 Å². The van der Waals surface area contributed by atoms with Gasteiger partial charge in [-0.2, -0.15) is 0 Å². The molecule has 1 amide bonds. The summed E-state index contributed by atoms with van der Waals surface area (Å²) in [6.45, 7) is 4.11. The summed E-state index contributed by atoms with van der Waals surface area (Å²) in [5.41, 5.74) is 4.72. The molecule has 31 heavy (non-hydrogen) atoms. The second-order valence-corrected chi connectivity index (χ2v) is 7.32. The number of methoxy groups -OCH3 is 2. The number of fused-ring (bicyclic) bond motifs is 1. The van der Waals surface area contributed by atoms with E-state index < -0.39 is 5.97 Å². The summed E-state index contributed by atoms with van der Waals surface area (Å²) in [7, 11) is 3.16. The first kappa shape index (κ1) is 22.2. The first-order valence-corrected chi connectivity index (χ1v) is 10.0. The number of ether oxygens (including phenoxy) is 3. The Balaban J connectivity index is 1.45. The Morgan fingerprint density at radius 2 is 1.74 bits per heavy atom. The normalized spacial score (nSPS) is 10.7. The van der Waals surface area contributed by atoms with E-state index in [9.17, 15) is 9.59 Å². The van der Waals surface area contributed by atoms with Crippen molar-refractivity contribution in [1.29, 1.82) is 0 Å². The zero-order valence-electron chi connectivity index (χ0n) is 18.2. The van der Waals surface area contributed by atoms with Crippen molar-refractivity contribution < 1.29 is 28.2 Å². The third-order valence-corrected chi connectivity index (χ3v) is 5.15. The van der Waals surface area contributed by atoms with Crippen LogP contribution in [0.3, 0.4) is 0 Å². The Bertz CT molecular complexity index is 1090. The summed E-state index contributed by atoms with van der Waals surface area (Å²) in [5, 5.41) is 3.64. The van der Waals surface area contributed by atoms with Gasteiger partial charge in [0.15, 0.2) is 18.1 Å². The second kappa shape index (κ2) is 10.0. The fourth-order valence-corrected chi connectivity index (χ4v) is 3.26. The van der Waals surface area contributed by atoms with Crippen molar-refractivity contribution in [3.05, 3.63) is 58.8 Å². The van der Waals surface area contributed by atoms with Gasteiger partial charge in [0.25, 0.3) is 5.91 Å². The highest BCUT2D eigenvalue weighted by Crippen LogP contribution is 2.27. The lowest BCUT2D eigenvalue weighted by atomic mass is 10.0. The molecule has 0 saturated heterocycles. The molecule has 1 N–H and O–H groups in total. The van der Waals surface area contributed by atoms with E-state index in [1.165, 1.54) is 0 Å². The molecular formula is C24H27NO6. The van der Waals surface area contributed by atoms with Crippen molar-refractivity contribution in [1.82, 2.24) is 5.32 Å². The fraction of sp³-hybridized carbons (Fsp3) is 0.333. The Morgan fingerprint density at radius 3 is 2.48 bits per heavy atom. The van der Waals surface area contributed by atoms with Crippen LogP contribution in [0.4, 0.5) is 0 Å². The van der Waals surface area contributed by atoms with E-state index in [4.69, 9.17) is 18.6 Å². The van der Waals surface area contributed by atoms with E-state index in [-0.39, 0.29) is 18.9 Å². The van der Waals surface area contributed by atoms with Crippen molar-refractivity contribution in [2.75, 3.05) is 27.4 Å². The van der Waals surface area contributed by atoms with Gasteiger partial charge in [0.1, 0.15) is 5.58 Å². The maximum atomic E-state index is 12.2. The van der Waals surface area contributed by atoms with E-state index in [0.29, 0.717) is 24.5 Å². The third-order valence-electron chi connectivity index (χ3n) is 5.15. The summed E-state index contributed by atoms with van der Waals surface area (Å²) in [5.74, 6) is 0.462. The van der Waals surface area contributed by atoms with Crippen LogP contribution < -0.4 is 14.8 Å². The van der Waals surface area contributed by atoms with Crippen molar-refractivity contribution in [3.8, 4) is 11.5 Å². The Hall–Kier alpha value is -3.48. The van der Waals surface area contributed by atoms with Crippen LogP contribution in [0.2, 0.25) is 0 Å². The number of hydrogen-bond acceptors (Lipinski definition) is 6. The zero-order chi connectivity index (χ0) is 22.4. The number of amides is 1. The molecule has 7 nitrogen and oxygen atoms in total. The van der Waals surface area contributed by atoms with Gasteiger partial charge in [0.05, 0.1) is 26.9 Å². The number of nitrogens with one attached hydrogen (secondary N) is 1. The van der Waals surface area contributed by atoms with Gasteiger partial charge in [-0.3, -0.25) is 9.59 Å². The molecule has 0 aliphatic heterocycles. The van der Waals surface area contributed by atoms with Crippen LogP contribution in [0.1, 0.15) is 22.3 Å². The highest BCUT2D eigenvalue weighted by atomic mass is 16.5. The first-order chi connectivity index (χ1) is 14.9. The monoisotopic (exact) mass is 425 g/mol. The maximum Gasteiger partial charge on any atom is 0.310 e. The van der Waals surface area contributed by atoms with Crippen molar-refractivity contribution in [2.24, 2.45) is 0 Å². The number of esters is 1. The van der Waals surface area contributed by atoms with Gasteiger partial charge in [-0.15, -0.1) is 0 Å². The zero-order valence-corrected chi connectivity index (χ0v) is 18.2. The molecule has 164 valence electrons. The summed E-state index contributed by atoms with van der Waals surface area (Å²) < 4.78 is 21.1. The van der Waals surface area contributed by atoms with Gasteiger partial charge in [-0.25, -0.2) is 0 Å². The van der Waals surface area contributed by atoms with E-state index in [0.717, 1.165) is 33.2 Å². The van der Waals surface area contributed by atoms with Crippen LogP contribution in [-0.2, 0) is 27.2 Å². The lowest BCUT2D eigenvalue weighted by Crippen LogP contribution is -2.30. The predicted octanol–water partition coefficient (Wildman–Crippen LogP) is 3.51. The average Bonchev–Trinajstić information content (AvgIpc) is 3.13. The molecule has 0 unspecified atom stereocenters. The first-order valence-electron chi connectivity index (χ1n) is 10.0. The number of carbonyl (C=O) groups is 2. The number of aryl methyl sites for hydroxylation is 2. The minimum Gasteiger partial charge on any atom is -0.493 e. The molecule has 1 aromatic heterocycles. The van der Waals surface area contributed by atoms with Gasteiger partial charge in [-0.1, -0.05) is 6.07 Å². The van der Waals surface area contributed by atoms with E-state index in [1.807, 2.05) is 44.2 Å². The van der Waals surface area contributed by atoms with Crippen LogP contribution in [0, 0.1) is 13.8 Å². The quantitative estimate of drug-likeness (QED) is 0.528. The molecule has 0 fully saturated rings. The third kappa shape index (κ3) is 5.57. The van der Waals surface area contributed by atoms with Crippen molar-refractivity contribution in [3.63, 3.8) is 0 Å². The Morgan fingerprint density at radius 1 is 1.00 bits per heavy atom. The SMILES string of the molecule is COc1ccc(CCNC(=O)COC(=O)Cc2coc3cc(C)c(C)cc23)cc1OC. The van der Waals surface area contributed by atoms with E-state index >= 15 is 0 Å². The van der Waals surface area contributed by atoms with Crippen LogP contribution in [0.25, 0.3) is 11.0 Å². The molecule has 0 saturated carbocycles. The maximum absolute atomic E-state index is 12.2. The molecule has 3 rings (SSSR count). The highest BCUT2D eigenvalue weighted by Gasteiger charge is 2.14. The predicted molar refractivity (Wildman–Crippen MR) is 117 cm³/mol. The largest absolute Gasteiger partial charge is 0.493 e. The highest BCUT2D eigenvalue weighted by molar-refractivity contribution is 5.87. The molecule has 0 atom stereocenters. The minimum atomic E-state index is -0.476. The molecular weight excluding hydrogens is 398 g/mol. The fourth-order valence-electron chi connectivity index (χ4n) is 3.26. The van der Waals surface area contributed by atoms with Gasteiger partial charge in [0, 0.05) is 17.5 Å². The van der Waals surface area contributed by atoms with Crippen LogP contribution in [0.15, 0.2) is 41.0 Å². The lowest BCUT2D eigenvalue weighted by molar-refractivity contribution is -0.147. The van der Waals surface area contributed by atoms with Crippen LogP contribution in [0.5, 0.6) is 11.5 Å². The Kier molecular flexibility index (Phi) is 7.18. The Labute approximate surface area is 181 Å². The summed E-state index contributed by atoms with van der Waals surface area (Å²) in [4.78, 5) is 24.2.